The molecular formula is C15H19N3O5S. The number of ether oxygens (including phenoxy) is 1. The predicted octanol–water partition coefficient (Wildman–Crippen LogP) is 0.645. The molecule has 1 aliphatic heterocycles. The van der Waals surface area contributed by atoms with E-state index in [0.29, 0.717) is 10.8 Å². The zero-order valence-electron chi connectivity index (χ0n) is 13.3. The molecule has 0 bridgehead atoms. The highest BCUT2D eigenvalue weighted by atomic mass is 32.1. The molecule has 1 aliphatic rings. The number of thiazole rings is 1. The van der Waals surface area contributed by atoms with Gasteiger partial charge in [0.15, 0.2) is 6.10 Å². The lowest BCUT2D eigenvalue weighted by atomic mass is 10.0. The molecule has 130 valence electrons. The third-order valence-electron chi connectivity index (χ3n) is 4.09. The number of carbonyl (C=O) groups excluding carboxylic acids is 1. The summed E-state index contributed by atoms with van der Waals surface area (Å²) in [5.41, 5.74) is 0.707. The summed E-state index contributed by atoms with van der Waals surface area (Å²) >= 11 is 1.37. The number of carboxylic acids is 1. The quantitative estimate of drug-likeness (QED) is 0.272. The van der Waals surface area contributed by atoms with Crippen molar-refractivity contribution in [2.75, 3.05) is 6.54 Å². The molecule has 1 aromatic heterocycles. The minimum absolute atomic E-state index is 0.131. The molecular weight excluding hydrogens is 334 g/mol. The molecule has 0 aromatic carbocycles. The number of hydroxylamine groups is 2. The normalized spacial score (nSPS) is 24.7. The molecule has 1 fully saturated rings. The van der Waals surface area contributed by atoms with E-state index in [1.54, 1.807) is 24.7 Å². The van der Waals surface area contributed by atoms with E-state index in [1.165, 1.54) is 11.3 Å². The molecule has 1 amide bonds. The Kier molecular flexibility index (Phi) is 5.56. The summed E-state index contributed by atoms with van der Waals surface area (Å²) < 4.78 is 5.08. The summed E-state index contributed by atoms with van der Waals surface area (Å²) in [6.07, 6.45) is 4.19. The number of hydrogen-bond acceptors (Lipinski definition) is 7. The minimum atomic E-state index is -1.56. The second kappa shape index (κ2) is 7.27. The maximum Gasteiger partial charge on any atom is 0.339 e. The van der Waals surface area contributed by atoms with Crippen LogP contribution < -0.4 is 5.32 Å². The lowest BCUT2D eigenvalue weighted by Crippen LogP contribution is -2.47. The Morgan fingerprint density at radius 1 is 1.67 bits per heavy atom. The van der Waals surface area contributed by atoms with E-state index in [9.17, 15) is 19.9 Å². The van der Waals surface area contributed by atoms with Crippen molar-refractivity contribution in [3.8, 4) is 12.3 Å². The molecule has 0 aliphatic carbocycles. The van der Waals surface area contributed by atoms with Gasteiger partial charge in [0.1, 0.15) is 0 Å². The third kappa shape index (κ3) is 3.27. The summed E-state index contributed by atoms with van der Waals surface area (Å²) in [5, 5.41) is 24.8. The van der Waals surface area contributed by atoms with Crippen LogP contribution in [0.15, 0.2) is 10.9 Å². The van der Waals surface area contributed by atoms with Crippen molar-refractivity contribution in [3.63, 3.8) is 0 Å². The van der Waals surface area contributed by atoms with E-state index in [-0.39, 0.29) is 13.0 Å². The first kappa shape index (κ1) is 18.4. The average Bonchev–Trinajstić information content (AvgIpc) is 3.10. The Morgan fingerprint density at radius 3 is 2.83 bits per heavy atom. The number of hydrogen-bond donors (Lipinski definition) is 3. The number of epoxide rings is 1. The van der Waals surface area contributed by atoms with Crippen molar-refractivity contribution in [1.82, 2.24) is 15.4 Å². The summed E-state index contributed by atoms with van der Waals surface area (Å²) in [4.78, 5) is 27.8. The number of nitrogens with one attached hydrogen (secondary N) is 1. The molecule has 4 unspecified atom stereocenters. The zero-order chi connectivity index (χ0) is 17.9. The molecule has 2 rings (SSSR count). The molecule has 9 heteroatoms. The van der Waals surface area contributed by atoms with E-state index in [1.807, 2.05) is 0 Å². The Morgan fingerprint density at radius 2 is 2.38 bits per heavy atom. The van der Waals surface area contributed by atoms with Gasteiger partial charge in [-0.25, -0.2) is 14.8 Å². The predicted molar refractivity (Wildman–Crippen MR) is 85.3 cm³/mol. The Hall–Kier alpha value is -1.99. The molecule has 8 nitrogen and oxygen atoms in total. The Balaban J connectivity index is 2.12. The number of carboxylic acid groups (broad SMARTS) is 1. The molecule has 2 heterocycles. The van der Waals surface area contributed by atoms with E-state index >= 15 is 0 Å². The first-order valence-electron chi connectivity index (χ1n) is 7.37. The highest BCUT2D eigenvalue weighted by Crippen LogP contribution is 2.41. The molecule has 3 N–H and O–H groups in total. The van der Waals surface area contributed by atoms with Gasteiger partial charge in [-0.2, -0.15) is 0 Å². The number of terminal acetylenes is 1. The smallest absolute Gasteiger partial charge is 0.339 e. The Bertz CT molecular complexity index is 644. The van der Waals surface area contributed by atoms with Crippen LogP contribution >= 0.6 is 11.3 Å². The van der Waals surface area contributed by atoms with Crippen LogP contribution in [0.3, 0.4) is 0 Å². The topological polar surface area (TPSA) is 115 Å². The van der Waals surface area contributed by atoms with Crippen LogP contribution in [0.1, 0.15) is 32.0 Å². The molecule has 4 atom stereocenters. The van der Waals surface area contributed by atoms with Gasteiger partial charge in [0, 0.05) is 5.38 Å². The van der Waals surface area contributed by atoms with Crippen LogP contribution in [-0.4, -0.2) is 56.5 Å². The molecule has 0 radical (unpaired) electrons. The maximum atomic E-state index is 12.4. The van der Waals surface area contributed by atoms with Crippen LogP contribution in [0.25, 0.3) is 0 Å². The van der Waals surface area contributed by atoms with Gasteiger partial charge >= 0.3 is 5.97 Å². The summed E-state index contributed by atoms with van der Waals surface area (Å²) in [6, 6.07) is -1.22. The second-order valence-electron chi connectivity index (χ2n) is 5.45. The number of aliphatic carboxylic acids is 1. The molecule has 24 heavy (non-hydrogen) atoms. The number of amides is 1. The van der Waals surface area contributed by atoms with Gasteiger partial charge in [-0.05, 0) is 13.3 Å². The maximum absolute atomic E-state index is 12.4. The third-order valence-corrected chi connectivity index (χ3v) is 4.70. The number of nitrogens with zero attached hydrogens (tertiary/aromatic N) is 2. The van der Waals surface area contributed by atoms with Crippen molar-refractivity contribution in [3.05, 3.63) is 16.6 Å². The molecule has 1 aromatic rings. The van der Waals surface area contributed by atoms with Gasteiger partial charge in [-0.1, -0.05) is 12.8 Å². The van der Waals surface area contributed by atoms with E-state index in [0.717, 1.165) is 0 Å². The summed E-state index contributed by atoms with van der Waals surface area (Å²) in [6.45, 7) is 3.45. The molecule has 0 spiro atoms. The number of rotatable bonds is 8. The fraction of sp³-hybridized carbons (Fsp3) is 0.533. The standard InChI is InChI=1S/C15H19N3O5S/c1-4-6-16-11(10-7-24-8-17-10)9(3)18(22)13(19)12-15(5-2,23-12)14(20)21/h1,7-9,11-12,16,22H,5-6H2,2-3H3,(H,20,21). The summed E-state index contributed by atoms with van der Waals surface area (Å²) in [5.74, 6) is 0.419. The molecule has 1 saturated heterocycles. The van der Waals surface area contributed by atoms with Crippen molar-refractivity contribution < 1.29 is 24.6 Å². The minimum Gasteiger partial charge on any atom is -0.479 e. The highest BCUT2D eigenvalue weighted by molar-refractivity contribution is 7.07. The number of carbonyl (C=O) groups is 2. The van der Waals surface area contributed by atoms with Gasteiger partial charge in [-0.3, -0.25) is 15.3 Å². The van der Waals surface area contributed by atoms with Gasteiger partial charge in [0.2, 0.25) is 5.60 Å². The van der Waals surface area contributed by atoms with Gasteiger partial charge in [0.05, 0.1) is 29.8 Å². The second-order valence-corrected chi connectivity index (χ2v) is 6.16. The highest BCUT2D eigenvalue weighted by Gasteiger charge is 2.66. The lowest BCUT2D eigenvalue weighted by Gasteiger charge is -2.29. The van der Waals surface area contributed by atoms with Crippen molar-refractivity contribution in [2.45, 2.75) is 44.1 Å². The zero-order valence-corrected chi connectivity index (χ0v) is 14.1. The van der Waals surface area contributed by atoms with Crippen LogP contribution in [0, 0.1) is 12.3 Å². The van der Waals surface area contributed by atoms with Crippen LogP contribution in [-0.2, 0) is 14.3 Å². The first-order chi connectivity index (χ1) is 11.4. The van der Waals surface area contributed by atoms with E-state index in [2.05, 4.69) is 16.2 Å². The van der Waals surface area contributed by atoms with Gasteiger partial charge in [0.25, 0.3) is 5.91 Å². The Labute approximate surface area is 143 Å². The lowest BCUT2D eigenvalue weighted by molar-refractivity contribution is -0.178. The monoisotopic (exact) mass is 353 g/mol. The fourth-order valence-electron chi connectivity index (χ4n) is 2.54. The summed E-state index contributed by atoms with van der Waals surface area (Å²) in [7, 11) is 0. The van der Waals surface area contributed by atoms with Crippen molar-refractivity contribution in [2.24, 2.45) is 0 Å². The molecule has 0 saturated carbocycles. The number of aromatic nitrogens is 1. The van der Waals surface area contributed by atoms with E-state index in [4.69, 9.17) is 11.2 Å². The first-order valence-corrected chi connectivity index (χ1v) is 8.31. The van der Waals surface area contributed by atoms with Crippen molar-refractivity contribution in [1.29, 1.82) is 0 Å². The largest absolute Gasteiger partial charge is 0.479 e. The van der Waals surface area contributed by atoms with Gasteiger partial charge < -0.3 is 9.84 Å². The van der Waals surface area contributed by atoms with Crippen molar-refractivity contribution >= 4 is 23.2 Å². The fourth-order valence-corrected chi connectivity index (χ4v) is 3.13. The van der Waals surface area contributed by atoms with E-state index < -0.39 is 35.7 Å². The average molecular weight is 353 g/mol. The van der Waals surface area contributed by atoms with Crippen LogP contribution in [0.2, 0.25) is 0 Å². The van der Waals surface area contributed by atoms with Gasteiger partial charge in [-0.15, -0.1) is 17.8 Å². The van der Waals surface area contributed by atoms with Crippen LogP contribution in [0.4, 0.5) is 0 Å². The van der Waals surface area contributed by atoms with Crippen LogP contribution in [0.5, 0.6) is 0 Å². The SMILES string of the molecule is C#CCNC(c1cscn1)C(C)N(O)C(=O)C1OC1(CC)C(=O)O.